The Balaban J connectivity index is 1.12. The number of hydrogen-bond donors (Lipinski definition) is 1. The van der Waals surface area contributed by atoms with Crippen LogP contribution in [0, 0.1) is 0 Å². The summed E-state index contributed by atoms with van der Waals surface area (Å²) in [5.41, 5.74) is 5.29. The average Bonchev–Trinajstić information content (AvgIpc) is 3.35. The molecular weight excluding hydrogens is 386 g/mol. The first kappa shape index (κ1) is 18.3. The van der Waals surface area contributed by atoms with Crippen molar-refractivity contribution < 1.29 is 9.53 Å². The zero-order valence-electron chi connectivity index (χ0n) is 17.1. The highest BCUT2D eigenvalue weighted by atomic mass is 16.5. The second kappa shape index (κ2) is 7.36. The Morgan fingerprint density at radius 1 is 1.00 bits per heavy atom. The van der Waals surface area contributed by atoms with Gasteiger partial charge in [-0.25, -0.2) is 0 Å². The van der Waals surface area contributed by atoms with Gasteiger partial charge in [0.2, 0.25) is 0 Å². The maximum atomic E-state index is 12.2. The van der Waals surface area contributed by atoms with Gasteiger partial charge in [-0.2, -0.15) is 5.10 Å². The van der Waals surface area contributed by atoms with E-state index in [9.17, 15) is 4.79 Å². The van der Waals surface area contributed by atoms with Gasteiger partial charge in [0.15, 0.2) is 0 Å². The van der Waals surface area contributed by atoms with Crippen LogP contribution in [-0.2, 0) is 17.8 Å². The second-order valence-corrected chi connectivity index (χ2v) is 8.50. The number of nitrogens with zero attached hydrogens (tertiary/aromatic N) is 2. The number of hydrogen-bond acceptors (Lipinski definition) is 3. The summed E-state index contributed by atoms with van der Waals surface area (Å²) in [7, 11) is 0. The summed E-state index contributed by atoms with van der Waals surface area (Å²) in [6, 6.07) is 20.8. The van der Waals surface area contributed by atoms with E-state index in [1.807, 2.05) is 42.6 Å². The molecule has 0 atom stereocenters. The largest absolute Gasteiger partial charge is 0.373 e. The minimum absolute atomic E-state index is 0.0143. The zero-order chi connectivity index (χ0) is 20.8. The molecule has 0 radical (unpaired) electrons. The predicted octanol–water partition coefficient (Wildman–Crippen LogP) is 5.11. The number of aromatic nitrogens is 2. The fourth-order valence-corrected chi connectivity index (χ4v) is 4.67. The third-order valence-electron chi connectivity index (χ3n) is 6.45. The molecule has 2 heterocycles. The van der Waals surface area contributed by atoms with Gasteiger partial charge in [0.1, 0.15) is 0 Å². The van der Waals surface area contributed by atoms with E-state index >= 15 is 0 Å². The molecule has 1 aliphatic carbocycles. The van der Waals surface area contributed by atoms with Crippen molar-refractivity contribution >= 4 is 22.4 Å². The van der Waals surface area contributed by atoms with Gasteiger partial charge < -0.3 is 10.1 Å². The molecule has 1 fully saturated rings. The Morgan fingerprint density at radius 3 is 2.74 bits per heavy atom. The minimum Gasteiger partial charge on any atom is -0.373 e. The van der Waals surface area contributed by atoms with E-state index in [1.54, 1.807) is 0 Å². The monoisotopic (exact) mass is 409 g/mol. The fourth-order valence-electron chi connectivity index (χ4n) is 4.67. The van der Waals surface area contributed by atoms with Crippen molar-refractivity contribution in [1.29, 1.82) is 0 Å². The number of anilines is 1. The Bertz CT molecular complexity index is 1270. The average molecular weight is 409 g/mol. The van der Waals surface area contributed by atoms with E-state index in [1.165, 1.54) is 16.7 Å². The van der Waals surface area contributed by atoms with Crippen LogP contribution in [0.25, 0.3) is 10.8 Å². The topological polar surface area (TPSA) is 56.2 Å². The van der Waals surface area contributed by atoms with E-state index in [4.69, 9.17) is 4.74 Å². The lowest BCUT2D eigenvalue weighted by Gasteiger charge is -2.35. The number of rotatable bonds is 6. The van der Waals surface area contributed by atoms with Gasteiger partial charge in [0.25, 0.3) is 5.91 Å². The minimum atomic E-state index is -0.0143. The molecule has 6 rings (SSSR count). The first-order valence-electron chi connectivity index (χ1n) is 10.8. The summed E-state index contributed by atoms with van der Waals surface area (Å²) >= 11 is 0. The molecule has 1 amide bonds. The van der Waals surface area contributed by atoms with Crippen molar-refractivity contribution in [2.75, 3.05) is 5.32 Å². The standard InChI is InChI=1S/C26H23N3O2/c30-26-23-8-4-7-22-19(9-10-24(28-26)25(22)23)11-18-14-27-29(15-18)20-12-21(13-20)31-16-17-5-2-1-3-6-17/h1-10,14-15,20-21H,11-13,16H2,(H,28,30). The summed E-state index contributed by atoms with van der Waals surface area (Å²) in [6.45, 7) is 0.672. The molecule has 1 aromatic heterocycles. The van der Waals surface area contributed by atoms with Crippen LogP contribution in [0.4, 0.5) is 5.69 Å². The van der Waals surface area contributed by atoms with Crippen molar-refractivity contribution in [2.45, 2.75) is 38.0 Å². The highest BCUT2D eigenvalue weighted by molar-refractivity contribution is 6.24. The van der Waals surface area contributed by atoms with Gasteiger partial charge in [-0.15, -0.1) is 0 Å². The van der Waals surface area contributed by atoms with Crippen LogP contribution in [0.15, 0.2) is 73.1 Å². The van der Waals surface area contributed by atoms with Gasteiger partial charge in [-0.3, -0.25) is 9.48 Å². The van der Waals surface area contributed by atoms with Gasteiger partial charge >= 0.3 is 0 Å². The number of nitrogens with one attached hydrogen (secondary N) is 1. The quantitative estimate of drug-likeness (QED) is 0.481. The third-order valence-corrected chi connectivity index (χ3v) is 6.45. The van der Waals surface area contributed by atoms with Crippen molar-refractivity contribution in [3.63, 3.8) is 0 Å². The Labute approximate surface area is 180 Å². The molecule has 0 spiro atoms. The molecule has 3 aromatic carbocycles. The molecule has 0 bridgehead atoms. The lowest BCUT2D eigenvalue weighted by Crippen LogP contribution is -2.33. The lowest BCUT2D eigenvalue weighted by molar-refractivity contribution is -0.0383. The highest BCUT2D eigenvalue weighted by Crippen LogP contribution is 2.37. The molecule has 154 valence electrons. The van der Waals surface area contributed by atoms with E-state index in [0.29, 0.717) is 18.8 Å². The molecule has 5 heteroatoms. The van der Waals surface area contributed by atoms with Crippen LogP contribution in [-0.4, -0.2) is 21.8 Å². The highest BCUT2D eigenvalue weighted by Gasteiger charge is 2.32. The van der Waals surface area contributed by atoms with Crippen LogP contribution < -0.4 is 5.32 Å². The summed E-state index contributed by atoms with van der Waals surface area (Å²) in [6.07, 6.45) is 7.23. The van der Waals surface area contributed by atoms with E-state index in [0.717, 1.165) is 41.3 Å². The number of benzene rings is 3. The Kier molecular flexibility index (Phi) is 4.35. The molecule has 2 aliphatic rings. The molecule has 0 unspecified atom stereocenters. The Morgan fingerprint density at radius 2 is 1.87 bits per heavy atom. The first-order chi connectivity index (χ1) is 15.2. The van der Waals surface area contributed by atoms with E-state index in [-0.39, 0.29) is 5.91 Å². The maximum absolute atomic E-state index is 12.2. The molecule has 1 saturated carbocycles. The van der Waals surface area contributed by atoms with Crippen LogP contribution in [0.3, 0.4) is 0 Å². The van der Waals surface area contributed by atoms with Gasteiger partial charge in [-0.05, 0) is 47.1 Å². The van der Waals surface area contributed by atoms with Gasteiger partial charge in [-0.1, -0.05) is 48.5 Å². The summed E-state index contributed by atoms with van der Waals surface area (Å²) < 4.78 is 8.11. The van der Waals surface area contributed by atoms with Crippen molar-refractivity contribution in [1.82, 2.24) is 9.78 Å². The molecule has 1 N–H and O–H groups in total. The second-order valence-electron chi connectivity index (χ2n) is 8.50. The van der Waals surface area contributed by atoms with Crippen LogP contribution in [0.5, 0.6) is 0 Å². The maximum Gasteiger partial charge on any atom is 0.256 e. The lowest BCUT2D eigenvalue weighted by atomic mass is 9.89. The van der Waals surface area contributed by atoms with Gasteiger partial charge in [0.05, 0.1) is 24.9 Å². The molecule has 4 aromatic rings. The SMILES string of the molecule is O=C1Nc2ccc(Cc3cnn(C4CC(OCc5ccccc5)C4)c3)c3cccc1c23. The smallest absolute Gasteiger partial charge is 0.256 e. The number of carbonyl (C=O) groups is 1. The van der Waals surface area contributed by atoms with E-state index < -0.39 is 0 Å². The number of carbonyl (C=O) groups excluding carboxylic acids is 1. The van der Waals surface area contributed by atoms with Crippen LogP contribution in [0.1, 0.15) is 45.9 Å². The predicted molar refractivity (Wildman–Crippen MR) is 120 cm³/mol. The molecule has 31 heavy (non-hydrogen) atoms. The summed E-state index contributed by atoms with van der Waals surface area (Å²) in [5.74, 6) is -0.0143. The number of ether oxygens (including phenoxy) is 1. The fraction of sp³-hybridized carbons (Fsp3) is 0.231. The van der Waals surface area contributed by atoms with Crippen LogP contribution >= 0.6 is 0 Å². The molecule has 5 nitrogen and oxygen atoms in total. The van der Waals surface area contributed by atoms with Crippen molar-refractivity contribution in [3.05, 3.63) is 95.3 Å². The van der Waals surface area contributed by atoms with Gasteiger partial charge in [0, 0.05) is 29.3 Å². The van der Waals surface area contributed by atoms with E-state index in [2.05, 4.69) is 45.6 Å². The zero-order valence-corrected chi connectivity index (χ0v) is 17.1. The normalized spacial score (nSPS) is 19.4. The third kappa shape index (κ3) is 3.31. The molecule has 1 aliphatic heterocycles. The molecular formula is C26H23N3O2. The number of amides is 1. The van der Waals surface area contributed by atoms with Crippen molar-refractivity contribution in [3.8, 4) is 0 Å². The first-order valence-corrected chi connectivity index (χ1v) is 10.8. The summed E-state index contributed by atoms with van der Waals surface area (Å²) in [4.78, 5) is 12.2. The Hall–Kier alpha value is -3.44. The van der Waals surface area contributed by atoms with Crippen molar-refractivity contribution in [2.24, 2.45) is 0 Å². The summed E-state index contributed by atoms with van der Waals surface area (Å²) in [5, 5.41) is 9.75. The van der Waals surface area contributed by atoms with Crippen LogP contribution in [0.2, 0.25) is 0 Å². The molecule has 0 saturated heterocycles.